The van der Waals surface area contributed by atoms with Crippen LogP contribution in [-0.4, -0.2) is 93.0 Å². The first-order chi connectivity index (χ1) is 31.0. The van der Waals surface area contributed by atoms with E-state index in [2.05, 4.69) is 53.6 Å². The van der Waals surface area contributed by atoms with E-state index in [0.717, 1.165) is 105 Å². The Morgan fingerprint density at radius 2 is 1.22 bits per heavy atom. The van der Waals surface area contributed by atoms with Crippen molar-refractivity contribution >= 4 is 78.6 Å². The van der Waals surface area contributed by atoms with Crippen LogP contribution in [0.25, 0.3) is 45.0 Å². The van der Waals surface area contributed by atoms with Crippen molar-refractivity contribution in [3.63, 3.8) is 0 Å². The first-order valence-electron chi connectivity index (χ1n) is 20.8. The minimum absolute atomic E-state index is 0.307. The predicted octanol–water partition coefficient (Wildman–Crippen LogP) is 6.52. The van der Waals surface area contributed by atoms with Gasteiger partial charge in [-0.25, -0.2) is 24.7 Å². The fourth-order valence-electron chi connectivity index (χ4n) is 7.63. The predicted molar refractivity (Wildman–Crippen MR) is 250 cm³/mol. The molecule has 0 unspecified atom stereocenters. The molecule has 20 heteroatoms. The minimum Gasteiger partial charge on any atom is -0.462 e. The summed E-state index contributed by atoms with van der Waals surface area (Å²) >= 11 is 2.67. The molecular formula is C44H47N15O3S2. The molecule has 2 aliphatic heterocycles. The van der Waals surface area contributed by atoms with Gasteiger partial charge in [0, 0.05) is 63.1 Å². The average Bonchev–Trinajstić information content (AvgIpc) is 4.16. The summed E-state index contributed by atoms with van der Waals surface area (Å²) in [4.78, 5) is 44.2. The number of nitrogens with one attached hydrogen (secondary N) is 4. The number of nitrogens with zero attached hydrogens (tertiary/aromatic N) is 10. The molecule has 6 N–H and O–H groups in total. The second-order valence-corrected chi connectivity index (χ2v) is 17.5. The molecule has 0 fully saturated rings. The van der Waals surface area contributed by atoms with Crippen LogP contribution < -0.4 is 27.0 Å². The molecule has 328 valence electrons. The topological polar surface area (TPSA) is 214 Å². The number of hydrogen-bond acceptors (Lipinski definition) is 15. The molecule has 0 radical (unpaired) electrons. The molecular weight excluding hydrogens is 851 g/mol. The van der Waals surface area contributed by atoms with E-state index in [1.54, 1.807) is 16.3 Å². The molecule has 8 aromatic heterocycles. The number of anilines is 4. The fraction of sp³-hybridized carbons (Fsp3) is 0.273. The summed E-state index contributed by atoms with van der Waals surface area (Å²) in [5, 5.41) is 23.8. The molecule has 0 saturated heterocycles. The van der Waals surface area contributed by atoms with Crippen LogP contribution in [0.15, 0.2) is 73.9 Å². The van der Waals surface area contributed by atoms with Crippen molar-refractivity contribution in [3.8, 4) is 22.5 Å². The third-order valence-corrected chi connectivity index (χ3v) is 13.0. The lowest BCUT2D eigenvalue weighted by Crippen LogP contribution is -2.22. The minimum atomic E-state index is -0.430. The Hall–Kier alpha value is -7.00. The summed E-state index contributed by atoms with van der Waals surface area (Å²) in [6, 6.07) is 3.84. The van der Waals surface area contributed by atoms with E-state index in [-0.39, 0.29) is 5.97 Å². The Morgan fingerprint density at radius 3 is 1.62 bits per heavy atom. The number of thiophene rings is 2. The van der Waals surface area contributed by atoms with Gasteiger partial charge in [-0.15, -0.1) is 22.7 Å². The maximum Gasteiger partial charge on any atom is 0.348 e. The highest BCUT2D eigenvalue weighted by Gasteiger charge is 2.21. The maximum absolute atomic E-state index is 12.3. The molecule has 8 aromatic rings. The zero-order chi connectivity index (χ0) is 44.5. The molecule has 0 aromatic carbocycles. The number of ether oxygens (including phenoxy) is 1. The van der Waals surface area contributed by atoms with Crippen LogP contribution in [0.3, 0.4) is 0 Å². The van der Waals surface area contributed by atoms with Crippen molar-refractivity contribution in [2.45, 2.75) is 33.6 Å². The average molecular weight is 898 g/mol. The Balaban J connectivity index is 0.000000162. The van der Waals surface area contributed by atoms with E-state index in [4.69, 9.17) is 20.4 Å². The van der Waals surface area contributed by atoms with Gasteiger partial charge in [0.25, 0.3) is 5.91 Å². The van der Waals surface area contributed by atoms with Gasteiger partial charge in [0.2, 0.25) is 0 Å². The molecule has 0 bridgehead atoms. The second-order valence-electron chi connectivity index (χ2n) is 15.4. The van der Waals surface area contributed by atoms with Gasteiger partial charge in [-0.3, -0.25) is 23.0 Å². The lowest BCUT2D eigenvalue weighted by atomic mass is 10.1. The number of primary amides is 1. The van der Waals surface area contributed by atoms with Gasteiger partial charge in [-0.1, -0.05) is 12.2 Å². The molecule has 1 amide bonds. The van der Waals surface area contributed by atoms with E-state index in [9.17, 15) is 9.59 Å². The number of rotatable bonds is 11. The Morgan fingerprint density at radius 1 is 0.734 bits per heavy atom. The molecule has 10 rings (SSSR count). The lowest BCUT2D eigenvalue weighted by Gasteiger charge is -2.16. The van der Waals surface area contributed by atoms with Crippen LogP contribution in [0.5, 0.6) is 0 Å². The van der Waals surface area contributed by atoms with Gasteiger partial charge in [-0.05, 0) is 81.1 Å². The SMILES string of the molecule is CCOC(=O)c1sc(Nc2nc(C3=CCCNC3)cn3c(-c4cnn(C)c4)cnc23)cc1C.Cc1cc(Nc2nc(C3=CCCNC3)cn3c(-c4cnn(C)c4)cnc23)sc1C(N)=O. The number of aromatic nitrogens is 10. The number of fused-ring (bicyclic) bond motifs is 2. The largest absolute Gasteiger partial charge is 0.462 e. The number of hydrogen-bond donors (Lipinski definition) is 5. The zero-order valence-corrected chi connectivity index (χ0v) is 37.6. The third kappa shape index (κ3) is 8.67. The number of aryl methyl sites for hydroxylation is 4. The molecule has 0 atom stereocenters. The highest BCUT2D eigenvalue weighted by atomic mass is 32.1. The second kappa shape index (κ2) is 18.0. The summed E-state index contributed by atoms with van der Waals surface area (Å²) in [6.45, 7) is 9.38. The van der Waals surface area contributed by atoms with Crippen molar-refractivity contribution in [2.24, 2.45) is 19.8 Å². The fourth-order valence-corrected chi connectivity index (χ4v) is 9.52. The standard InChI is InChI=1S/C23H25N7O2S.C21H22N8OS/c1-4-32-23(31)20-14(2)8-19(33-20)28-21-22-25-11-18(16-10-26-29(3)12-16)30(22)13-17(27-21)15-6-5-7-24-9-15;1-12-6-17(31-18(12)19(22)30)27-20-21-24-9-16(14-8-25-28(2)10-14)29(21)11-15(26-20)13-4-3-5-23-7-13/h6,8,10-13,24H,4-5,7,9H2,1-3H3,(H,27,28);4,6,8-11,23H,3,5,7H2,1-2H3,(H2,22,30)(H,26,27). The maximum atomic E-state index is 12.3. The van der Waals surface area contributed by atoms with Crippen molar-refractivity contribution < 1.29 is 14.3 Å². The van der Waals surface area contributed by atoms with E-state index < -0.39 is 5.91 Å². The number of carbonyl (C=O) groups excluding carboxylic acids is 2. The lowest BCUT2D eigenvalue weighted by molar-refractivity contribution is 0.0531. The van der Waals surface area contributed by atoms with Crippen LogP contribution in [0.2, 0.25) is 0 Å². The number of imidazole rings is 2. The number of nitrogens with two attached hydrogens (primary N) is 1. The van der Waals surface area contributed by atoms with Gasteiger partial charge in [0.15, 0.2) is 22.9 Å². The molecule has 0 saturated carbocycles. The Labute approximate surface area is 375 Å². The van der Waals surface area contributed by atoms with Crippen LogP contribution in [-0.2, 0) is 18.8 Å². The van der Waals surface area contributed by atoms with E-state index >= 15 is 0 Å². The van der Waals surface area contributed by atoms with E-state index in [0.29, 0.717) is 39.3 Å². The molecule has 64 heavy (non-hydrogen) atoms. The highest BCUT2D eigenvalue weighted by Crippen LogP contribution is 2.34. The third-order valence-electron chi connectivity index (χ3n) is 10.7. The molecule has 10 heterocycles. The molecule has 0 spiro atoms. The zero-order valence-electron chi connectivity index (χ0n) is 36.0. The summed E-state index contributed by atoms with van der Waals surface area (Å²) in [5.41, 5.74) is 16.4. The quantitative estimate of drug-likeness (QED) is 0.0877. The smallest absolute Gasteiger partial charge is 0.348 e. The van der Waals surface area contributed by atoms with Gasteiger partial charge < -0.3 is 31.7 Å². The van der Waals surface area contributed by atoms with Crippen LogP contribution >= 0.6 is 22.7 Å². The first kappa shape index (κ1) is 42.3. The normalized spacial score (nSPS) is 14.0. The highest BCUT2D eigenvalue weighted by molar-refractivity contribution is 7.18. The van der Waals surface area contributed by atoms with Gasteiger partial charge in [0.05, 0.1) is 69.0 Å². The van der Waals surface area contributed by atoms with Crippen LogP contribution in [0, 0.1) is 13.8 Å². The van der Waals surface area contributed by atoms with Crippen molar-refractivity contribution in [2.75, 3.05) is 43.4 Å². The van der Waals surface area contributed by atoms with Crippen LogP contribution in [0.4, 0.5) is 21.6 Å². The number of carbonyl (C=O) groups is 2. The molecule has 2 aliphatic rings. The Bertz CT molecular complexity index is 3110. The van der Waals surface area contributed by atoms with Gasteiger partial charge in [-0.2, -0.15) is 10.2 Å². The summed E-state index contributed by atoms with van der Waals surface area (Å²) < 4.78 is 12.8. The van der Waals surface area contributed by atoms with Gasteiger partial charge in [0.1, 0.15) is 4.88 Å². The number of amides is 1. The molecule has 18 nitrogen and oxygen atoms in total. The monoisotopic (exact) mass is 897 g/mol. The number of esters is 1. The van der Waals surface area contributed by atoms with Crippen molar-refractivity contribution in [1.82, 2.24) is 58.9 Å². The van der Waals surface area contributed by atoms with Crippen LogP contribution in [0.1, 0.15) is 61.6 Å². The summed E-state index contributed by atoms with van der Waals surface area (Å²) in [5.74, 6) is 0.515. The first-order valence-corrected chi connectivity index (χ1v) is 22.4. The molecule has 0 aliphatic carbocycles. The van der Waals surface area contributed by atoms with Gasteiger partial charge >= 0.3 is 5.97 Å². The summed E-state index contributed by atoms with van der Waals surface area (Å²) in [7, 11) is 3.78. The van der Waals surface area contributed by atoms with E-state index in [1.807, 2.05) is 98.5 Å². The van der Waals surface area contributed by atoms with Crippen molar-refractivity contribution in [3.05, 3.63) is 106 Å². The summed E-state index contributed by atoms with van der Waals surface area (Å²) in [6.07, 6.45) is 21.6. The Kier molecular flexibility index (Phi) is 11.9. The van der Waals surface area contributed by atoms with E-state index in [1.165, 1.54) is 22.7 Å². The van der Waals surface area contributed by atoms with Crippen molar-refractivity contribution in [1.29, 1.82) is 0 Å².